The van der Waals surface area contributed by atoms with Crippen LogP contribution in [0.2, 0.25) is 0 Å². The molecule has 100 valence electrons. The van der Waals surface area contributed by atoms with Gasteiger partial charge in [0.15, 0.2) is 0 Å². The van der Waals surface area contributed by atoms with Gasteiger partial charge in [-0.05, 0) is 24.6 Å². The van der Waals surface area contributed by atoms with E-state index in [9.17, 15) is 4.79 Å². The number of nitrogens with two attached hydrogens (primary N) is 2. The number of primary amides is 1. The second-order valence-electron chi connectivity index (χ2n) is 4.31. The van der Waals surface area contributed by atoms with Gasteiger partial charge in [0.2, 0.25) is 11.9 Å². The molecule has 6 heteroatoms. The average Bonchev–Trinajstić information content (AvgIpc) is 2.37. The van der Waals surface area contributed by atoms with Crippen molar-refractivity contribution in [2.45, 2.75) is 19.8 Å². The number of hydrogen-bond donors (Lipinski definition) is 3. The number of anilines is 2. The van der Waals surface area contributed by atoms with Gasteiger partial charge >= 0.3 is 0 Å². The molecule has 1 aromatic heterocycles. The Kier molecular flexibility index (Phi) is 3.79. The van der Waals surface area contributed by atoms with Crippen molar-refractivity contribution < 1.29 is 4.79 Å². The summed E-state index contributed by atoms with van der Waals surface area (Å²) in [6.45, 7) is 2.94. The molecule has 0 fully saturated rings. The third kappa shape index (κ3) is 2.90. The van der Waals surface area contributed by atoms with Crippen molar-refractivity contribution in [2.75, 3.05) is 17.6 Å². The second-order valence-corrected chi connectivity index (χ2v) is 4.31. The van der Waals surface area contributed by atoms with Gasteiger partial charge in [-0.2, -0.15) is 4.98 Å². The van der Waals surface area contributed by atoms with E-state index in [1.54, 1.807) is 18.2 Å². The number of rotatable bonds is 5. The van der Waals surface area contributed by atoms with Crippen LogP contribution in [0.4, 0.5) is 11.8 Å². The summed E-state index contributed by atoms with van der Waals surface area (Å²) in [6, 6.07) is 5.07. The van der Waals surface area contributed by atoms with Gasteiger partial charge in [0.1, 0.15) is 5.82 Å². The molecule has 5 N–H and O–H groups in total. The van der Waals surface area contributed by atoms with Crippen LogP contribution in [0.1, 0.15) is 30.1 Å². The molecule has 0 saturated carbocycles. The number of nitrogen functional groups attached to an aromatic ring is 1. The van der Waals surface area contributed by atoms with E-state index >= 15 is 0 Å². The minimum absolute atomic E-state index is 0.174. The lowest BCUT2D eigenvalue weighted by atomic mass is 10.1. The van der Waals surface area contributed by atoms with E-state index < -0.39 is 5.91 Å². The Hall–Kier alpha value is -2.37. The van der Waals surface area contributed by atoms with E-state index in [-0.39, 0.29) is 5.95 Å². The van der Waals surface area contributed by atoms with E-state index in [0.29, 0.717) is 16.9 Å². The average molecular weight is 259 g/mol. The molecule has 1 aromatic carbocycles. The normalized spacial score (nSPS) is 10.6. The first kappa shape index (κ1) is 13.1. The molecule has 0 aliphatic carbocycles. The Morgan fingerprint density at radius 1 is 1.37 bits per heavy atom. The lowest BCUT2D eigenvalue weighted by Gasteiger charge is -2.09. The Labute approximate surface area is 111 Å². The summed E-state index contributed by atoms with van der Waals surface area (Å²) in [6.07, 6.45) is 2.14. The highest BCUT2D eigenvalue weighted by atomic mass is 16.1. The van der Waals surface area contributed by atoms with Crippen LogP contribution in [0.15, 0.2) is 18.2 Å². The highest BCUT2D eigenvalue weighted by molar-refractivity contribution is 5.99. The Bertz CT molecular complexity index is 611. The van der Waals surface area contributed by atoms with Crippen molar-refractivity contribution >= 4 is 28.6 Å². The van der Waals surface area contributed by atoms with Gasteiger partial charge in [0.25, 0.3) is 0 Å². The van der Waals surface area contributed by atoms with Crippen LogP contribution >= 0.6 is 0 Å². The second kappa shape index (κ2) is 5.51. The maximum Gasteiger partial charge on any atom is 0.248 e. The van der Waals surface area contributed by atoms with E-state index in [2.05, 4.69) is 22.2 Å². The number of nitrogens with one attached hydrogen (secondary N) is 1. The molecule has 0 atom stereocenters. The van der Waals surface area contributed by atoms with Crippen molar-refractivity contribution in [3.05, 3.63) is 23.8 Å². The summed E-state index contributed by atoms with van der Waals surface area (Å²) in [5.74, 6) is 0.375. The highest BCUT2D eigenvalue weighted by Crippen LogP contribution is 2.22. The maximum absolute atomic E-state index is 11.2. The third-order valence-electron chi connectivity index (χ3n) is 2.82. The van der Waals surface area contributed by atoms with Gasteiger partial charge < -0.3 is 16.8 Å². The van der Waals surface area contributed by atoms with Gasteiger partial charge in [0.05, 0.1) is 5.52 Å². The van der Waals surface area contributed by atoms with Crippen LogP contribution in [-0.2, 0) is 0 Å². The number of carbonyl (C=O) groups excluding carboxylic acids is 1. The molecule has 0 bridgehead atoms. The molecule has 19 heavy (non-hydrogen) atoms. The van der Waals surface area contributed by atoms with Gasteiger partial charge in [-0.1, -0.05) is 13.3 Å². The molecule has 0 spiro atoms. The number of nitrogens with zero attached hydrogens (tertiary/aromatic N) is 2. The zero-order valence-electron chi connectivity index (χ0n) is 10.8. The van der Waals surface area contributed by atoms with E-state index in [0.717, 1.165) is 24.8 Å². The number of aromatic nitrogens is 2. The Balaban J connectivity index is 2.43. The molecular weight excluding hydrogens is 242 g/mol. The molecule has 0 aliphatic rings. The fourth-order valence-corrected chi connectivity index (χ4v) is 1.82. The summed E-state index contributed by atoms with van der Waals surface area (Å²) < 4.78 is 0. The molecule has 0 saturated heterocycles. The van der Waals surface area contributed by atoms with E-state index in [1.807, 2.05) is 0 Å². The first-order valence-electron chi connectivity index (χ1n) is 6.22. The quantitative estimate of drug-likeness (QED) is 0.706. The van der Waals surface area contributed by atoms with Crippen molar-refractivity contribution in [3.8, 4) is 0 Å². The number of fused-ring (bicyclic) bond motifs is 1. The lowest BCUT2D eigenvalue weighted by Crippen LogP contribution is -2.11. The highest BCUT2D eigenvalue weighted by Gasteiger charge is 2.08. The molecule has 2 rings (SSSR count). The minimum Gasteiger partial charge on any atom is -0.369 e. The summed E-state index contributed by atoms with van der Waals surface area (Å²) in [5, 5.41) is 4.06. The number of benzene rings is 1. The lowest BCUT2D eigenvalue weighted by molar-refractivity contribution is 0.100. The van der Waals surface area contributed by atoms with Crippen LogP contribution in [0.3, 0.4) is 0 Å². The fraction of sp³-hybridized carbons (Fsp3) is 0.308. The SMILES string of the molecule is CCCCNc1nc(N)nc2cc(C(N)=O)ccc12. The predicted octanol–water partition coefficient (Wildman–Crippen LogP) is 1.52. The third-order valence-corrected chi connectivity index (χ3v) is 2.82. The van der Waals surface area contributed by atoms with Crippen LogP contribution in [0.25, 0.3) is 10.9 Å². The summed E-state index contributed by atoms with van der Waals surface area (Å²) in [5.41, 5.74) is 11.9. The molecule has 0 aliphatic heterocycles. The number of hydrogen-bond acceptors (Lipinski definition) is 5. The molecule has 1 heterocycles. The largest absolute Gasteiger partial charge is 0.369 e. The smallest absolute Gasteiger partial charge is 0.248 e. The summed E-state index contributed by atoms with van der Waals surface area (Å²) in [7, 11) is 0. The minimum atomic E-state index is -0.487. The summed E-state index contributed by atoms with van der Waals surface area (Å²) in [4.78, 5) is 19.5. The fourth-order valence-electron chi connectivity index (χ4n) is 1.82. The van der Waals surface area contributed by atoms with Crippen LogP contribution in [-0.4, -0.2) is 22.4 Å². The topological polar surface area (TPSA) is 107 Å². The van der Waals surface area contributed by atoms with Crippen molar-refractivity contribution in [1.82, 2.24) is 9.97 Å². The van der Waals surface area contributed by atoms with Crippen LogP contribution < -0.4 is 16.8 Å². The zero-order valence-corrected chi connectivity index (χ0v) is 10.8. The number of carbonyl (C=O) groups is 1. The number of unbranched alkanes of at least 4 members (excludes halogenated alkanes) is 1. The van der Waals surface area contributed by atoms with Crippen LogP contribution in [0, 0.1) is 0 Å². The molecule has 2 aromatic rings. The van der Waals surface area contributed by atoms with Gasteiger partial charge in [0, 0.05) is 17.5 Å². The van der Waals surface area contributed by atoms with E-state index in [4.69, 9.17) is 11.5 Å². The first-order chi connectivity index (χ1) is 9.11. The maximum atomic E-state index is 11.2. The van der Waals surface area contributed by atoms with Crippen molar-refractivity contribution in [2.24, 2.45) is 5.73 Å². The number of amides is 1. The van der Waals surface area contributed by atoms with Gasteiger partial charge in [-0.15, -0.1) is 0 Å². The van der Waals surface area contributed by atoms with Crippen LogP contribution in [0.5, 0.6) is 0 Å². The van der Waals surface area contributed by atoms with Gasteiger partial charge in [-0.3, -0.25) is 4.79 Å². The standard InChI is InChI=1S/C13H17N5O/c1-2-3-6-16-12-9-5-4-8(11(14)19)7-10(9)17-13(15)18-12/h4-5,7H,2-3,6H2,1H3,(H2,14,19)(H3,15,16,17,18). The molecule has 0 radical (unpaired) electrons. The predicted molar refractivity (Wildman–Crippen MR) is 75.9 cm³/mol. The zero-order chi connectivity index (χ0) is 13.8. The Morgan fingerprint density at radius 3 is 2.84 bits per heavy atom. The molecule has 6 nitrogen and oxygen atoms in total. The molecule has 0 unspecified atom stereocenters. The molecular formula is C13H17N5O. The first-order valence-corrected chi connectivity index (χ1v) is 6.22. The monoisotopic (exact) mass is 259 g/mol. The molecule has 1 amide bonds. The van der Waals surface area contributed by atoms with Crippen molar-refractivity contribution in [3.63, 3.8) is 0 Å². The summed E-state index contributed by atoms with van der Waals surface area (Å²) >= 11 is 0. The van der Waals surface area contributed by atoms with Crippen molar-refractivity contribution in [1.29, 1.82) is 0 Å². The van der Waals surface area contributed by atoms with Gasteiger partial charge in [-0.25, -0.2) is 4.98 Å². The Morgan fingerprint density at radius 2 is 2.16 bits per heavy atom. The van der Waals surface area contributed by atoms with E-state index in [1.165, 1.54) is 0 Å².